The fourth-order valence-corrected chi connectivity index (χ4v) is 2.88. The molecule has 1 aliphatic rings. The van der Waals surface area contributed by atoms with Gasteiger partial charge in [0.1, 0.15) is 0 Å². The van der Waals surface area contributed by atoms with E-state index in [0.717, 1.165) is 23.7 Å². The molecule has 0 radical (unpaired) electrons. The Balaban J connectivity index is 2.86. The molecule has 1 heterocycles. The molecule has 0 saturated carbocycles. The van der Waals surface area contributed by atoms with Crippen LogP contribution in [0.3, 0.4) is 0 Å². The van der Waals surface area contributed by atoms with E-state index in [9.17, 15) is 0 Å². The highest BCUT2D eigenvalue weighted by Crippen LogP contribution is 2.38. The fourth-order valence-electron chi connectivity index (χ4n) is 2.88. The normalized spacial score (nSPS) is 29.2. The van der Waals surface area contributed by atoms with Crippen LogP contribution in [0.1, 0.15) is 34.1 Å². The Kier molecular flexibility index (Phi) is 4.64. The summed E-state index contributed by atoms with van der Waals surface area (Å²) in [4.78, 5) is 2.41. The van der Waals surface area contributed by atoms with E-state index < -0.39 is 0 Å². The molecule has 0 aromatic heterocycles. The summed E-state index contributed by atoms with van der Waals surface area (Å²) in [6, 6.07) is 0. The smallest absolute Gasteiger partial charge is 0.0205 e. The third-order valence-corrected chi connectivity index (χ3v) is 3.99. The van der Waals surface area contributed by atoms with Crippen LogP contribution < -0.4 is 0 Å². The maximum absolute atomic E-state index is 3.81. The van der Waals surface area contributed by atoms with Crippen LogP contribution in [0.4, 0.5) is 0 Å². The predicted molar refractivity (Wildman–Crippen MR) is 72.2 cm³/mol. The number of rotatable bonds is 3. The van der Waals surface area contributed by atoms with Gasteiger partial charge in [0, 0.05) is 19.3 Å². The highest BCUT2D eigenvalue weighted by atomic mass is 15.1. The van der Waals surface area contributed by atoms with Crippen molar-refractivity contribution in [1.82, 2.24) is 4.90 Å². The lowest BCUT2D eigenvalue weighted by atomic mass is 9.72. The highest BCUT2D eigenvalue weighted by molar-refractivity contribution is 5.13. The SMILES string of the molecule is C=C/C=C1/CC(C(C)C)C(C(C)C)CN1C. The summed E-state index contributed by atoms with van der Waals surface area (Å²) in [5.41, 5.74) is 1.45. The molecule has 1 rings (SSSR count). The molecule has 2 unspecified atom stereocenters. The topological polar surface area (TPSA) is 3.24 Å². The fraction of sp³-hybridized carbons (Fsp3) is 0.733. The standard InChI is InChI=1S/C15H27N/c1-7-8-13-9-14(11(2)3)15(12(4)5)10-16(13)6/h7-8,11-12,14-15H,1,9-10H2,2-6H3/b13-8-. The zero-order chi connectivity index (χ0) is 12.3. The van der Waals surface area contributed by atoms with Crippen LogP contribution in [0.2, 0.25) is 0 Å². The molecule has 0 aromatic carbocycles. The Morgan fingerprint density at radius 2 is 1.75 bits per heavy atom. The lowest BCUT2D eigenvalue weighted by Crippen LogP contribution is -2.41. The number of hydrogen-bond acceptors (Lipinski definition) is 1. The van der Waals surface area contributed by atoms with Gasteiger partial charge in [0.25, 0.3) is 0 Å². The molecule has 92 valence electrons. The number of likely N-dealkylation sites (tertiary alicyclic amines) is 1. The van der Waals surface area contributed by atoms with Gasteiger partial charge in [-0.2, -0.15) is 0 Å². The summed E-state index contributed by atoms with van der Waals surface area (Å²) >= 11 is 0. The van der Waals surface area contributed by atoms with Crippen LogP contribution in [0.15, 0.2) is 24.4 Å². The summed E-state index contributed by atoms with van der Waals surface area (Å²) in [6.07, 6.45) is 5.30. The van der Waals surface area contributed by atoms with Gasteiger partial charge in [-0.3, -0.25) is 0 Å². The maximum Gasteiger partial charge on any atom is 0.0205 e. The summed E-state index contributed by atoms with van der Waals surface area (Å²) in [7, 11) is 2.21. The van der Waals surface area contributed by atoms with Gasteiger partial charge in [-0.25, -0.2) is 0 Å². The first kappa shape index (κ1) is 13.3. The van der Waals surface area contributed by atoms with Gasteiger partial charge in [-0.05, 0) is 36.2 Å². The first-order valence-corrected chi connectivity index (χ1v) is 6.50. The van der Waals surface area contributed by atoms with Crippen molar-refractivity contribution < 1.29 is 0 Å². The number of piperidine rings is 1. The Morgan fingerprint density at radius 1 is 1.19 bits per heavy atom. The second-order valence-corrected chi connectivity index (χ2v) is 5.79. The van der Waals surface area contributed by atoms with E-state index in [1.807, 2.05) is 6.08 Å². The molecule has 0 aromatic rings. The van der Waals surface area contributed by atoms with Crippen LogP contribution >= 0.6 is 0 Å². The first-order chi connectivity index (χ1) is 7.47. The molecule has 1 fully saturated rings. The second-order valence-electron chi connectivity index (χ2n) is 5.79. The van der Waals surface area contributed by atoms with Gasteiger partial charge in [0.05, 0.1) is 0 Å². The molecule has 2 atom stereocenters. The molecular weight excluding hydrogens is 194 g/mol. The van der Waals surface area contributed by atoms with Crippen molar-refractivity contribution in [2.24, 2.45) is 23.7 Å². The molecule has 1 nitrogen and oxygen atoms in total. The van der Waals surface area contributed by atoms with Crippen LogP contribution in [-0.4, -0.2) is 18.5 Å². The second kappa shape index (κ2) is 5.56. The van der Waals surface area contributed by atoms with E-state index in [4.69, 9.17) is 0 Å². The number of allylic oxidation sites excluding steroid dienone is 3. The average molecular weight is 221 g/mol. The Bertz CT molecular complexity index is 263. The van der Waals surface area contributed by atoms with Crippen LogP contribution in [0.5, 0.6) is 0 Å². The van der Waals surface area contributed by atoms with Crippen molar-refractivity contribution >= 4 is 0 Å². The van der Waals surface area contributed by atoms with Crippen molar-refractivity contribution in [2.75, 3.05) is 13.6 Å². The largest absolute Gasteiger partial charge is 0.378 e. The zero-order valence-corrected chi connectivity index (χ0v) is 11.5. The Hall–Kier alpha value is -0.720. The molecule has 16 heavy (non-hydrogen) atoms. The maximum atomic E-state index is 3.81. The lowest BCUT2D eigenvalue weighted by Gasteiger charge is -2.43. The van der Waals surface area contributed by atoms with Gasteiger partial charge < -0.3 is 4.90 Å². The highest BCUT2D eigenvalue weighted by Gasteiger charge is 2.33. The van der Waals surface area contributed by atoms with Crippen LogP contribution in [-0.2, 0) is 0 Å². The van der Waals surface area contributed by atoms with E-state index in [-0.39, 0.29) is 0 Å². The molecule has 0 aliphatic carbocycles. The average Bonchev–Trinajstić information content (AvgIpc) is 2.20. The molecule has 0 bridgehead atoms. The first-order valence-electron chi connectivity index (χ1n) is 6.50. The predicted octanol–water partition coefficient (Wildman–Crippen LogP) is 3.94. The molecule has 0 spiro atoms. The quantitative estimate of drug-likeness (QED) is 0.698. The lowest BCUT2D eigenvalue weighted by molar-refractivity contribution is 0.110. The summed E-state index contributed by atoms with van der Waals surface area (Å²) in [5, 5.41) is 0. The molecule has 0 amide bonds. The molecule has 1 heteroatoms. The van der Waals surface area contributed by atoms with Gasteiger partial charge in [-0.15, -0.1) is 0 Å². The molecule has 1 aliphatic heterocycles. The van der Waals surface area contributed by atoms with Crippen LogP contribution in [0, 0.1) is 23.7 Å². The van der Waals surface area contributed by atoms with Gasteiger partial charge >= 0.3 is 0 Å². The third-order valence-electron chi connectivity index (χ3n) is 3.99. The van der Waals surface area contributed by atoms with Gasteiger partial charge in [0.2, 0.25) is 0 Å². The van der Waals surface area contributed by atoms with Gasteiger partial charge in [-0.1, -0.05) is 40.3 Å². The van der Waals surface area contributed by atoms with Crippen molar-refractivity contribution in [1.29, 1.82) is 0 Å². The minimum Gasteiger partial charge on any atom is -0.378 e. The van der Waals surface area contributed by atoms with E-state index in [0.29, 0.717) is 0 Å². The zero-order valence-electron chi connectivity index (χ0n) is 11.5. The van der Waals surface area contributed by atoms with E-state index in [2.05, 4.69) is 52.3 Å². The molecule has 0 N–H and O–H groups in total. The van der Waals surface area contributed by atoms with Gasteiger partial charge in [0.15, 0.2) is 0 Å². The van der Waals surface area contributed by atoms with E-state index >= 15 is 0 Å². The van der Waals surface area contributed by atoms with Crippen LogP contribution in [0.25, 0.3) is 0 Å². The number of hydrogen-bond donors (Lipinski definition) is 0. The minimum atomic E-state index is 0.773. The van der Waals surface area contributed by atoms with Crippen molar-refractivity contribution in [3.8, 4) is 0 Å². The Morgan fingerprint density at radius 3 is 2.19 bits per heavy atom. The van der Waals surface area contributed by atoms with E-state index in [1.54, 1.807) is 0 Å². The summed E-state index contributed by atoms with van der Waals surface area (Å²) < 4.78 is 0. The molecule has 1 saturated heterocycles. The molecular formula is C15H27N. The monoisotopic (exact) mass is 221 g/mol. The van der Waals surface area contributed by atoms with Crippen molar-refractivity contribution in [2.45, 2.75) is 34.1 Å². The third kappa shape index (κ3) is 2.90. The van der Waals surface area contributed by atoms with E-state index in [1.165, 1.54) is 18.7 Å². The van der Waals surface area contributed by atoms with Crippen molar-refractivity contribution in [3.63, 3.8) is 0 Å². The number of nitrogens with zero attached hydrogens (tertiary/aromatic N) is 1. The summed E-state index contributed by atoms with van der Waals surface area (Å²) in [6.45, 7) is 14.4. The van der Waals surface area contributed by atoms with Crippen molar-refractivity contribution in [3.05, 3.63) is 24.4 Å². The minimum absolute atomic E-state index is 0.773. The summed E-state index contributed by atoms with van der Waals surface area (Å²) in [5.74, 6) is 3.20. The Labute approximate surface area is 101 Å².